The molecule has 140 valence electrons. The van der Waals surface area contributed by atoms with Gasteiger partial charge in [-0.3, -0.25) is 14.7 Å². The van der Waals surface area contributed by atoms with Gasteiger partial charge in [0.05, 0.1) is 18.4 Å². The molecule has 0 radical (unpaired) electrons. The largest absolute Gasteiger partial charge is 0.354 e. The van der Waals surface area contributed by atoms with E-state index in [0.717, 1.165) is 30.8 Å². The quantitative estimate of drug-likeness (QED) is 0.715. The van der Waals surface area contributed by atoms with Gasteiger partial charge >= 0.3 is 0 Å². The number of nitrogens with one attached hydrogen (secondary N) is 1. The molecule has 1 unspecified atom stereocenters. The van der Waals surface area contributed by atoms with Crippen molar-refractivity contribution in [3.63, 3.8) is 0 Å². The van der Waals surface area contributed by atoms with Gasteiger partial charge in [-0.15, -0.1) is 5.10 Å². The Labute approximate surface area is 153 Å². The molecule has 1 fully saturated rings. The second-order valence-corrected chi connectivity index (χ2v) is 6.73. The Morgan fingerprint density at radius 3 is 3.08 bits per heavy atom. The number of amides is 1. The molecule has 0 aliphatic carbocycles. The number of pyridine rings is 1. The first-order valence-corrected chi connectivity index (χ1v) is 9.23. The molecule has 8 heteroatoms. The summed E-state index contributed by atoms with van der Waals surface area (Å²) >= 11 is 0. The fourth-order valence-electron chi connectivity index (χ4n) is 3.33. The summed E-state index contributed by atoms with van der Waals surface area (Å²) < 4.78 is 1.84. The topological polar surface area (TPSA) is 102 Å². The number of carbonyl (C=O) groups is 1. The number of piperidine rings is 1. The van der Waals surface area contributed by atoms with Crippen LogP contribution in [0.5, 0.6) is 0 Å². The Morgan fingerprint density at radius 1 is 1.35 bits per heavy atom. The van der Waals surface area contributed by atoms with E-state index in [1.165, 1.54) is 12.8 Å². The summed E-state index contributed by atoms with van der Waals surface area (Å²) in [6, 6.07) is 4.29. The lowest BCUT2D eigenvalue weighted by Gasteiger charge is -2.35. The zero-order valence-electron chi connectivity index (χ0n) is 15.0. The highest BCUT2D eigenvalue weighted by Gasteiger charge is 2.23. The molecule has 3 rings (SSSR count). The van der Waals surface area contributed by atoms with E-state index >= 15 is 0 Å². The van der Waals surface area contributed by atoms with E-state index in [1.807, 2.05) is 29.2 Å². The highest BCUT2D eigenvalue weighted by atomic mass is 16.1. The van der Waals surface area contributed by atoms with Crippen molar-refractivity contribution in [3.8, 4) is 0 Å². The third kappa shape index (κ3) is 5.34. The smallest absolute Gasteiger partial charge is 0.221 e. The van der Waals surface area contributed by atoms with Crippen LogP contribution >= 0.6 is 0 Å². The van der Waals surface area contributed by atoms with E-state index in [-0.39, 0.29) is 5.91 Å². The van der Waals surface area contributed by atoms with Gasteiger partial charge in [0.2, 0.25) is 5.91 Å². The second-order valence-electron chi connectivity index (χ2n) is 6.73. The molecule has 1 amide bonds. The van der Waals surface area contributed by atoms with Gasteiger partial charge in [0.15, 0.2) is 0 Å². The van der Waals surface area contributed by atoms with Crippen LogP contribution in [-0.2, 0) is 17.9 Å². The molecule has 1 atom stereocenters. The van der Waals surface area contributed by atoms with Crippen molar-refractivity contribution >= 4 is 5.91 Å². The van der Waals surface area contributed by atoms with Gasteiger partial charge in [-0.2, -0.15) is 0 Å². The van der Waals surface area contributed by atoms with Crippen molar-refractivity contribution in [1.82, 2.24) is 30.2 Å². The molecule has 26 heavy (non-hydrogen) atoms. The maximum Gasteiger partial charge on any atom is 0.221 e. The Hall–Kier alpha value is -2.32. The van der Waals surface area contributed by atoms with E-state index in [9.17, 15) is 4.79 Å². The fourth-order valence-corrected chi connectivity index (χ4v) is 3.33. The van der Waals surface area contributed by atoms with Gasteiger partial charge in [-0.1, -0.05) is 17.7 Å². The monoisotopic (exact) mass is 357 g/mol. The zero-order chi connectivity index (χ0) is 18.2. The van der Waals surface area contributed by atoms with E-state index < -0.39 is 0 Å². The van der Waals surface area contributed by atoms with E-state index in [0.29, 0.717) is 32.1 Å². The highest BCUT2D eigenvalue weighted by molar-refractivity contribution is 5.76. The maximum absolute atomic E-state index is 11.7. The molecule has 1 saturated heterocycles. The van der Waals surface area contributed by atoms with Crippen LogP contribution in [0.25, 0.3) is 0 Å². The van der Waals surface area contributed by atoms with Gasteiger partial charge < -0.3 is 11.1 Å². The van der Waals surface area contributed by atoms with Gasteiger partial charge in [-0.25, -0.2) is 4.68 Å². The molecule has 2 aromatic rings. The third-order valence-corrected chi connectivity index (χ3v) is 4.67. The summed E-state index contributed by atoms with van der Waals surface area (Å²) in [6.45, 7) is 3.50. The molecular formula is C18H27N7O. The first kappa shape index (κ1) is 18.5. The maximum atomic E-state index is 11.7. The normalized spacial score (nSPS) is 18.0. The Kier molecular flexibility index (Phi) is 6.68. The number of hydrogen-bond acceptors (Lipinski definition) is 6. The number of aromatic nitrogens is 4. The summed E-state index contributed by atoms with van der Waals surface area (Å²) in [4.78, 5) is 18.2. The van der Waals surface area contributed by atoms with Gasteiger partial charge in [0.1, 0.15) is 0 Å². The van der Waals surface area contributed by atoms with E-state index in [4.69, 9.17) is 5.73 Å². The zero-order valence-corrected chi connectivity index (χ0v) is 15.0. The van der Waals surface area contributed by atoms with Gasteiger partial charge in [0.25, 0.3) is 0 Å². The van der Waals surface area contributed by atoms with Crippen LogP contribution in [0.15, 0.2) is 30.7 Å². The van der Waals surface area contributed by atoms with Crippen molar-refractivity contribution in [2.75, 3.05) is 19.6 Å². The molecule has 1 aliphatic rings. The summed E-state index contributed by atoms with van der Waals surface area (Å²) in [5.41, 5.74) is 7.48. The first-order chi connectivity index (χ1) is 12.7. The number of rotatable bonds is 8. The highest BCUT2D eigenvalue weighted by Crippen LogP contribution is 2.18. The molecule has 0 bridgehead atoms. The molecule has 1 aliphatic heterocycles. The average molecular weight is 357 g/mol. The lowest BCUT2D eigenvalue weighted by Crippen LogP contribution is -2.46. The summed E-state index contributed by atoms with van der Waals surface area (Å²) in [7, 11) is 0. The Morgan fingerprint density at radius 2 is 2.27 bits per heavy atom. The summed E-state index contributed by atoms with van der Waals surface area (Å²) in [6.07, 6.45) is 9.44. The summed E-state index contributed by atoms with van der Waals surface area (Å²) in [5.74, 6) is 0.0282. The minimum atomic E-state index is 0.0282. The molecule has 2 aromatic heterocycles. The lowest BCUT2D eigenvalue weighted by atomic mass is 10.0. The number of nitrogens with two attached hydrogens (primary N) is 1. The number of carbonyl (C=O) groups excluding carboxylic acids is 1. The van der Waals surface area contributed by atoms with Crippen molar-refractivity contribution in [2.45, 2.75) is 44.8 Å². The number of likely N-dealkylation sites (tertiary alicyclic amines) is 1. The molecule has 0 spiro atoms. The van der Waals surface area contributed by atoms with Crippen molar-refractivity contribution in [2.24, 2.45) is 5.73 Å². The van der Waals surface area contributed by atoms with Crippen molar-refractivity contribution in [3.05, 3.63) is 42.0 Å². The molecule has 0 saturated carbocycles. The first-order valence-electron chi connectivity index (χ1n) is 9.23. The minimum absolute atomic E-state index is 0.0282. The lowest BCUT2D eigenvalue weighted by molar-refractivity contribution is -0.121. The van der Waals surface area contributed by atoms with Crippen molar-refractivity contribution < 1.29 is 4.79 Å². The average Bonchev–Trinajstić information content (AvgIpc) is 3.09. The fraction of sp³-hybridized carbons (Fsp3) is 0.556. The van der Waals surface area contributed by atoms with Crippen LogP contribution < -0.4 is 11.1 Å². The predicted octanol–water partition coefficient (Wildman–Crippen LogP) is 0.541. The Balaban J connectivity index is 1.55. The minimum Gasteiger partial charge on any atom is -0.354 e. The van der Waals surface area contributed by atoms with Crippen LogP contribution in [0, 0.1) is 0 Å². The van der Waals surface area contributed by atoms with Crippen LogP contribution in [0.4, 0.5) is 0 Å². The summed E-state index contributed by atoms with van der Waals surface area (Å²) in [5, 5.41) is 11.5. The van der Waals surface area contributed by atoms with Crippen LogP contribution in [0.1, 0.15) is 36.9 Å². The van der Waals surface area contributed by atoms with Crippen molar-refractivity contribution in [1.29, 1.82) is 0 Å². The molecular weight excluding hydrogens is 330 g/mol. The van der Waals surface area contributed by atoms with E-state index in [2.05, 4.69) is 25.5 Å². The van der Waals surface area contributed by atoms with Gasteiger partial charge in [0, 0.05) is 44.5 Å². The molecule has 3 N–H and O–H groups in total. The predicted molar refractivity (Wildman–Crippen MR) is 98.1 cm³/mol. The molecule has 3 heterocycles. The molecule has 8 nitrogen and oxygen atoms in total. The number of nitrogens with zero attached hydrogens (tertiary/aromatic N) is 5. The SMILES string of the molecule is NCCC(=O)NCC1CCCCN1Cc1cn(Cc2cccnc2)nn1. The van der Waals surface area contributed by atoms with Gasteiger partial charge in [-0.05, 0) is 31.0 Å². The standard InChI is InChI=1S/C18H27N7O/c19-7-6-18(26)21-11-17-5-1-2-9-24(17)13-16-14-25(23-22-16)12-15-4-3-8-20-10-15/h3-4,8,10,14,17H,1-2,5-7,9,11-13,19H2,(H,21,26). The van der Waals surface area contributed by atoms with Crippen LogP contribution in [-0.4, -0.2) is 56.5 Å². The van der Waals surface area contributed by atoms with Crippen LogP contribution in [0.2, 0.25) is 0 Å². The third-order valence-electron chi connectivity index (χ3n) is 4.67. The molecule has 0 aromatic carbocycles. The second kappa shape index (κ2) is 9.40. The van der Waals surface area contributed by atoms with E-state index in [1.54, 1.807) is 6.20 Å². The number of hydrogen-bond donors (Lipinski definition) is 2. The Bertz CT molecular complexity index is 688. The van der Waals surface area contributed by atoms with Crippen LogP contribution in [0.3, 0.4) is 0 Å².